The van der Waals surface area contributed by atoms with Gasteiger partial charge in [0.1, 0.15) is 5.75 Å². The summed E-state index contributed by atoms with van der Waals surface area (Å²) in [6, 6.07) is 6.43. The number of ether oxygens (including phenoxy) is 1. The van der Waals surface area contributed by atoms with E-state index in [-0.39, 0.29) is 0 Å². The van der Waals surface area contributed by atoms with Crippen LogP contribution in [0.1, 0.15) is 11.1 Å². The standard InChI is InChI=1S/C13H22N2O/c1-14-8-7-11-5-6-13(16-4)12(9-11)10-15(2)3/h5-6,9,14H,7-8,10H2,1-4H3. The molecule has 0 unspecified atom stereocenters. The molecule has 0 atom stereocenters. The van der Waals surface area contributed by atoms with Crippen LogP contribution < -0.4 is 10.1 Å². The fourth-order valence-corrected chi connectivity index (χ4v) is 1.72. The number of rotatable bonds is 6. The maximum Gasteiger partial charge on any atom is 0.123 e. The van der Waals surface area contributed by atoms with Crippen LogP contribution in [0, 0.1) is 0 Å². The maximum absolute atomic E-state index is 5.36. The molecule has 3 nitrogen and oxygen atoms in total. The van der Waals surface area contributed by atoms with Gasteiger partial charge < -0.3 is 15.0 Å². The van der Waals surface area contributed by atoms with Crippen LogP contribution in [0.3, 0.4) is 0 Å². The predicted molar refractivity (Wildman–Crippen MR) is 68.0 cm³/mol. The Kier molecular flexibility index (Phi) is 5.29. The van der Waals surface area contributed by atoms with Crippen LogP contribution in [0.5, 0.6) is 5.75 Å². The summed E-state index contributed by atoms with van der Waals surface area (Å²) < 4.78 is 5.36. The second kappa shape index (κ2) is 6.51. The normalized spacial score (nSPS) is 10.8. The summed E-state index contributed by atoms with van der Waals surface area (Å²) in [5.41, 5.74) is 2.60. The van der Waals surface area contributed by atoms with E-state index in [9.17, 15) is 0 Å². The van der Waals surface area contributed by atoms with Crippen LogP contribution in [0.2, 0.25) is 0 Å². The molecule has 0 fully saturated rings. The van der Waals surface area contributed by atoms with E-state index in [0.717, 1.165) is 25.3 Å². The van der Waals surface area contributed by atoms with Gasteiger partial charge in [0.25, 0.3) is 0 Å². The van der Waals surface area contributed by atoms with Crippen LogP contribution >= 0.6 is 0 Å². The minimum Gasteiger partial charge on any atom is -0.496 e. The van der Waals surface area contributed by atoms with Gasteiger partial charge in [-0.3, -0.25) is 0 Å². The number of nitrogens with zero attached hydrogens (tertiary/aromatic N) is 1. The first-order valence-electron chi connectivity index (χ1n) is 5.62. The van der Waals surface area contributed by atoms with Crippen LogP contribution in [-0.2, 0) is 13.0 Å². The molecule has 0 heterocycles. The number of likely N-dealkylation sites (N-methyl/N-ethyl adjacent to an activating group) is 1. The molecule has 0 aliphatic rings. The van der Waals surface area contributed by atoms with Crippen LogP contribution in [0.4, 0.5) is 0 Å². The average Bonchev–Trinajstić information content (AvgIpc) is 2.26. The van der Waals surface area contributed by atoms with Crippen molar-refractivity contribution in [2.24, 2.45) is 0 Å². The first-order chi connectivity index (χ1) is 7.67. The van der Waals surface area contributed by atoms with Gasteiger partial charge in [0.2, 0.25) is 0 Å². The molecule has 1 aromatic rings. The zero-order chi connectivity index (χ0) is 12.0. The molecule has 90 valence electrons. The van der Waals surface area contributed by atoms with Gasteiger partial charge in [-0.25, -0.2) is 0 Å². The summed E-state index contributed by atoms with van der Waals surface area (Å²) >= 11 is 0. The third-order valence-corrected chi connectivity index (χ3v) is 2.50. The van der Waals surface area contributed by atoms with Crippen LogP contribution in [-0.4, -0.2) is 39.7 Å². The molecule has 0 saturated heterocycles. The lowest BCUT2D eigenvalue weighted by molar-refractivity contribution is 0.371. The van der Waals surface area contributed by atoms with E-state index in [2.05, 4.69) is 42.5 Å². The van der Waals surface area contributed by atoms with Crippen molar-refractivity contribution in [2.75, 3.05) is 34.8 Å². The minimum atomic E-state index is 0.913. The Morgan fingerprint density at radius 2 is 2.06 bits per heavy atom. The Labute approximate surface area is 98.4 Å². The van der Waals surface area contributed by atoms with E-state index in [0.29, 0.717) is 0 Å². The topological polar surface area (TPSA) is 24.5 Å². The van der Waals surface area contributed by atoms with Crippen molar-refractivity contribution in [1.82, 2.24) is 10.2 Å². The number of benzene rings is 1. The van der Waals surface area contributed by atoms with Crippen molar-refractivity contribution in [2.45, 2.75) is 13.0 Å². The van der Waals surface area contributed by atoms with Gasteiger partial charge in [0, 0.05) is 12.1 Å². The lowest BCUT2D eigenvalue weighted by Crippen LogP contribution is -2.13. The Morgan fingerprint density at radius 3 is 2.62 bits per heavy atom. The smallest absolute Gasteiger partial charge is 0.123 e. The Bertz CT molecular complexity index is 324. The molecule has 0 saturated carbocycles. The number of nitrogens with one attached hydrogen (secondary N) is 1. The summed E-state index contributed by atoms with van der Waals surface area (Å²) in [4.78, 5) is 2.15. The van der Waals surface area contributed by atoms with Crippen molar-refractivity contribution in [3.8, 4) is 5.75 Å². The van der Waals surface area contributed by atoms with Gasteiger partial charge in [-0.2, -0.15) is 0 Å². The summed E-state index contributed by atoms with van der Waals surface area (Å²) in [6.45, 7) is 1.92. The number of hydrogen-bond donors (Lipinski definition) is 1. The van der Waals surface area contributed by atoms with Gasteiger partial charge in [-0.1, -0.05) is 12.1 Å². The van der Waals surface area contributed by atoms with Crippen molar-refractivity contribution < 1.29 is 4.74 Å². The largest absolute Gasteiger partial charge is 0.496 e. The van der Waals surface area contributed by atoms with E-state index in [1.165, 1.54) is 11.1 Å². The zero-order valence-electron chi connectivity index (χ0n) is 10.7. The predicted octanol–water partition coefficient (Wildman–Crippen LogP) is 1.52. The highest BCUT2D eigenvalue weighted by atomic mass is 16.5. The van der Waals surface area contributed by atoms with Crippen LogP contribution in [0.15, 0.2) is 18.2 Å². The Hall–Kier alpha value is -1.06. The van der Waals surface area contributed by atoms with Crippen molar-refractivity contribution in [3.63, 3.8) is 0 Å². The van der Waals surface area contributed by atoms with Crippen LogP contribution in [0.25, 0.3) is 0 Å². The molecule has 0 radical (unpaired) electrons. The summed E-state index contributed by atoms with van der Waals surface area (Å²) in [5, 5.41) is 3.16. The highest BCUT2D eigenvalue weighted by molar-refractivity contribution is 5.37. The van der Waals surface area contributed by atoms with Crippen molar-refractivity contribution in [1.29, 1.82) is 0 Å². The minimum absolute atomic E-state index is 0.913. The quantitative estimate of drug-likeness (QED) is 0.790. The van der Waals surface area contributed by atoms with Gasteiger partial charge in [0.05, 0.1) is 7.11 Å². The molecule has 1 N–H and O–H groups in total. The maximum atomic E-state index is 5.36. The number of methoxy groups -OCH3 is 1. The highest BCUT2D eigenvalue weighted by Gasteiger charge is 2.05. The summed E-state index contributed by atoms with van der Waals surface area (Å²) in [5.74, 6) is 0.974. The molecule has 0 aliphatic carbocycles. The first kappa shape index (κ1) is 13.0. The van der Waals surface area contributed by atoms with E-state index in [4.69, 9.17) is 4.74 Å². The second-order valence-electron chi connectivity index (χ2n) is 4.24. The van der Waals surface area contributed by atoms with Crippen molar-refractivity contribution in [3.05, 3.63) is 29.3 Å². The molecule has 0 bridgehead atoms. The molecule has 1 aromatic carbocycles. The lowest BCUT2D eigenvalue weighted by atomic mass is 10.1. The average molecular weight is 222 g/mol. The first-order valence-corrected chi connectivity index (χ1v) is 5.62. The van der Waals surface area contributed by atoms with E-state index < -0.39 is 0 Å². The Morgan fingerprint density at radius 1 is 1.31 bits per heavy atom. The number of hydrogen-bond acceptors (Lipinski definition) is 3. The molecular weight excluding hydrogens is 200 g/mol. The molecule has 16 heavy (non-hydrogen) atoms. The fourth-order valence-electron chi connectivity index (χ4n) is 1.72. The van der Waals surface area contributed by atoms with E-state index in [1.807, 2.05) is 7.05 Å². The van der Waals surface area contributed by atoms with Gasteiger partial charge in [-0.15, -0.1) is 0 Å². The molecule has 1 rings (SSSR count). The van der Waals surface area contributed by atoms with Gasteiger partial charge in [-0.05, 0) is 45.7 Å². The van der Waals surface area contributed by atoms with Gasteiger partial charge in [0.15, 0.2) is 0 Å². The third-order valence-electron chi connectivity index (χ3n) is 2.50. The van der Waals surface area contributed by atoms with Crippen molar-refractivity contribution >= 4 is 0 Å². The monoisotopic (exact) mass is 222 g/mol. The molecule has 0 aliphatic heterocycles. The van der Waals surface area contributed by atoms with Gasteiger partial charge >= 0.3 is 0 Å². The Balaban J connectivity index is 2.83. The zero-order valence-corrected chi connectivity index (χ0v) is 10.7. The second-order valence-corrected chi connectivity index (χ2v) is 4.24. The third kappa shape index (κ3) is 3.83. The van der Waals surface area contributed by atoms with E-state index in [1.54, 1.807) is 7.11 Å². The fraction of sp³-hybridized carbons (Fsp3) is 0.538. The molecule has 0 spiro atoms. The lowest BCUT2D eigenvalue weighted by Gasteiger charge is -2.14. The summed E-state index contributed by atoms with van der Waals surface area (Å²) in [7, 11) is 7.84. The SMILES string of the molecule is CNCCc1ccc(OC)c(CN(C)C)c1. The van der Waals surface area contributed by atoms with E-state index >= 15 is 0 Å². The molecule has 3 heteroatoms. The highest BCUT2D eigenvalue weighted by Crippen LogP contribution is 2.21. The molecular formula is C13H22N2O. The summed E-state index contributed by atoms with van der Waals surface area (Å²) in [6.07, 6.45) is 1.06. The molecule has 0 amide bonds. The molecule has 0 aromatic heterocycles.